The molecule has 1 fully saturated rings. The Balaban J connectivity index is 1.63. The smallest absolute Gasteiger partial charge is 0.0407 e. The van der Waals surface area contributed by atoms with E-state index in [1.165, 1.54) is 38.6 Å². The first kappa shape index (κ1) is 14.7. The molecule has 1 N–H and O–H groups in total. The van der Waals surface area contributed by atoms with Crippen molar-refractivity contribution in [1.29, 1.82) is 0 Å². The van der Waals surface area contributed by atoms with E-state index in [1.54, 1.807) is 0 Å². The molecule has 0 unspecified atom stereocenters. The van der Waals surface area contributed by atoms with Crippen molar-refractivity contribution >= 4 is 17.3 Å². The van der Waals surface area contributed by atoms with Gasteiger partial charge < -0.3 is 10.2 Å². The van der Waals surface area contributed by atoms with Gasteiger partial charge in [-0.1, -0.05) is 30.9 Å². The van der Waals surface area contributed by atoms with Crippen LogP contribution in [-0.4, -0.2) is 31.6 Å². The van der Waals surface area contributed by atoms with Gasteiger partial charge in [-0.05, 0) is 50.1 Å². The Labute approximate surface area is 122 Å². The van der Waals surface area contributed by atoms with Gasteiger partial charge in [0.2, 0.25) is 0 Å². The molecule has 0 heterocycles. The van der Waals surface area contributed by atoms with Crippen molar-refractivity contribution < 1.29 is 0 Å². The highest BCUT2D eigenvalue weighted by Gasteiger charge is 2.14. The van der Waals surface area contributed by atoms with E-state index in [1.807, 2.05) is 24.3 Å². The molecule has 0 bridgehead atoms. The average Bonchev–Trinajstić information content (AvgIpc) is 2.42. The molecule has 106 valence electrons. The van der Waals surface area contributed by atoms with E-state index in [-0.39, 0.29) is 0 Å². The highest BCUT2D eigenvalue weighted by Crippen LogP contribution is 2.24. The first-order chi connectivity index (χ1) is 9.24. The zero-order valence-corrected chi connectivity index (χ0v) is 12.6. The Hall–Kier alpha value is -0.730. The molecule has 2 rings (SSSR count). The first-order valence-corrected chi connectivity index (χ1v) is 7.80. The van der Waals surface area contributed by atoms with E-state index < -0.39 is 0 Å². The third-order valence-electron chi connectivity index (χ3n) is 3.96. The minimum Gasteiger partial charge on any atom is -0.384 e. The summed E-state index contributed by atoms with van der Waals surface area (Å²) in [4.78, 5) is 2.46. The summed E-state index contributed by atoms with van der Waals surface area (Å²) >= 11 is 5.87. The van der Waals surface area contributed by atoms with Crippen LogP contribution in [0.25, 0.3) is 0 Å². The summed E-state index contributed by atoms with van der Waals surface area (Å²) in [6.07, 6.45) is 7.16. The van der Waals surface area contributed by atoms with Gasteiger partial charge in [0.1, 0.15) is 0 Å². The summed E-state index contributed by atoms with van der Waals surface area (Å²) in [5, 5.41) is 4.23. The third kappa shape index (κ3) is 5.42. The van der Waals surface area contributed by atoms with Gasteiger partial charge in [0.15, 0.2) is 0 Å². The third-order valence-corrected chi connectivity index (χ3v) is 4.21. The Bertz CT molecular complexity index is 358. The van der Waals surface area contributed by atoms with Crippen LogP contribution >= 0.6 is 11.6 Å². The zero-order chi connectivity index (χ0) is 13.5. The minimum atomic E-state index is 0.792. The standard InChI is InChI=1S/C16H25ClN2/c1-19(13-14-5-3-2-4-6-14)12-11-18-16-9-7-15(17)8-10-16/h7-10,14,18H,2-6,11-13H2,1H3. The quantitative estimate of drug-likeness (QED) is 0.837. The maximum atomic E-state index is 5.87. The summed E-state index contributed by atoms with van der Waals surface area (Å²) in [6.45, 7) is 3.34. The maximum Gasteiger partial charge on any atom is 0.0407 e. The van der Waals surface area contributed by atoms with Crippen LogP contribution in [-0.2, 0) is 0 Å². The van der Waals surface area contributed by atoms with Gasteiger partial charge in [-0.2, -0.15) is 0 Å². The molecule has 1 aliphatic rings. The van der Waals surface area contributed by atoms with Crippen molar-refractivity contribution in [3.8, 4) is 0 Å². The fraction of sp³-hybridized carbons (Fsp3) is 0.625. The van der Waals surface area contributed by atoms with Gasteiger partial charge in [0, 0.05) is 30.3 Å². The number of benzene rings is 1. The minimum absolute atomic E-state index is 0.792. The van der Waals surface area contributed by atoms with Gasteiger partial charge in [-0.25, -0.2) is 0 Å². The average molecular weight is 281 g/mol. The molecule has 0 radical (unpaired) electrons. The zero-order valence-electron chi connectivity index (χ0n) is 11.9. The normalized spacial score (nSPS) is 16.8. The van der Waals surface area contributed by atoms with Crippen molar-refractivity contribution in [2.45, 2.75) is 32.1 Å². The summed E-state index contributed by atoms with van der Waals surface area (Å²) in [6, 6.07) is 7.91. The summed E-state index contributed by atoms with van der Waals surface area (Å²) in [7, 11) is 2.23. The number of rotatable bonds is 6. The molecular formula is C16H25ClN2. The van der Waals surface area contributed by atoms with Gasteiger partial charge in [0.05, 0.1) is 0 Å². The lowest BCUT2D eigenvalue weighted by Gasteiger charge is -2.27. The molecule has 0 saturated heterocycles. The second kappa shape index (κ2) is 7.76. The van der Waals surface area contributed by atoms with Crippen molar-refractivity contribution in [1.82, 2.24) is 4.90 Å². The summed E-state index contributed by atoms with van der Waals surface area (Å²) < 4.78 is 0. The largest absolute Gasteiger partial charge is 0.384 e. The Morgan fingerprint density at radius 1 is 1.16 bits per heavy atom. The molecule has 0 aromatic heterocycles. The molecule has 0 aliphatic heterocycles. The number of likely N-dealkylation sites (N-methyl/N-ethyl adjacent to an activating group) is 1. The van der Waals surface area contributed by atoms with Crippen LogP contribution < -0.4 is 5.32 Å². The molecule has 19 heavy (non-hydrogen) atoms. The Morgan fingerprint density at radius 2 is 1.84 bits per heavy atom. The van der Waals surface area contributed by atoms with Crippen molar-refractivity contribution in [2.75, 3.05) is 32.0 Å². The van der Waals surface area contributed by atoms with Crippen LogP contribution in [0.4, 0.5) is 5.69 Å². The number of halogens is 1. The van der Waals surface area contributed by atoms with E-state index in [4.69, 9.17) is 11.6 Å². The highest BCUT2D eigenvalue weighted by atomic mass is 35.5. The topological polar surface area (TPSA) is 15.3 Å². The van der Waals surface area contributed by atoms with E-state index >= 15 is 0 Å². The lowest BCUT2D eigenvalue weighted by Crippen LogP contribution is -2.31. The maximum absolute atomic E-state index is 5.87. The van der Waals surface area contributed by atoms with Crippen LogP contribution in [0.3, 0.4) is 0 Å². The Kier molecular flexibility index (Phi) is 5.99. The summed E-state index contributed by atoms with van der Waals surface area (Å²) in [5.41, 5.74) is 1.15. The SMILES string of the molecule is CN(CCNc1ccc(Cl)cc1)CC1CCCCC1. The van der Waals surface area contributed by atoms with Gasteiger partial charge in [-0.15, -0.1) is 0 Å². The van der Waals surface area contributed by atoms with E-state index in [0.717, 1.165) is 29.7 Å². The predicted octanol–water partition coefficient (Wildman–Crippen LogP) is 4.26. The predicted molar refractivity (Wildman–Crippen MR) is 84.0 cm³/mol. The fourth-order valence-corrected chi connectivity index (χ4v) is 2.99. The van der Waals surface area contributed by atoms with Gasteiger partial charge in [-0.3, -0.25) is 0 Å². The monoisotopic (exact) mass is 280 g/mol. The van der Waals surface area contributed by atoms with Crippen LogP contribution in [0.1, 0.15) is 32.1 Å². The van der Waals surface area contributed by atoms with Gasteiger partial charge in [0.25, 0.3) is 0 Å². The number of anilines is 1. The fourth-order valence-electron chi connectivity index (χ4n) is 2.86. The number of hydrogen-bond acceptors (Lipinski definition) is 2. The molecule has 0 atom stereocenters. The molecule has 1 aliphatic carbocycles. The number of nitrogens with zero attached hydrogens (tertiary/aromatic N) is 1. The van der Waals surface area contributed by atoms with Crippen molar-refractivity contribution in [3.05, 3.63) is 29.3 Å². The molecular weight excluding hydrogens is 256 g/mol. The molecule has 3 heteroatoms. The van der Waals surface area contributed by atoms with Crippen LogP contribution in [0.2, 0.25) is 5.02 Å². The highest BCUT2D eigenvalue weighted by molar-refractivity contribution is 6.30. The van der Waals surface area contributed by atoms with E-state index in [0.29, 0.717) is 0 Å². The lowest BCUT2D eigenvalue weighted by atomic mass is 9.89. The van der Waals surface area contributed by atoms with Gasteiger partial charge >= 0.3 is 0 Å². The van der Waals surface area contributed by atoms with Crippen LogP contribution in [0.15, 0.2) is 24.3 Å². The van der Waals surface area contributed by atoms with Crippen LogP contribution in [0, 0.1) is 5.92 Å². The lowest BCUT2D eigenvalue weighted by molar-refractivity contribution is 0.239. The van der Waals surface area contributed by atoms with Crippen molar-refractivity contribution in [2.24, 2.45) is 5.92 Å². The summed E-state index contributed by atoms with van der Waals surface area (Å²) in [5.74, 6) is 0.925. The second-order valence-electron chi connectivity index (χ2n) is 5.70. The molecule has 0 amide bonds. The second-order valence-corrected chi connectivity index (χ2v) is 6.14. The first-order valence-electron chi connectivity index (χ1n) is 7.42. The Morgan fingerprint density at radius 3 is 2.53 bits per heavy atom. The van der Waals surface area contributed by atoms with Crippen molar-refractivity contribution in [3.63, 3.8) is 0 Å². The molecule has 0 spiro atoms. The van der Waals surface area contributed by atoms with E-state index in [2.05, 4.69) is 17.3 Å². The van der Waals surface area contributed by atoms with Crippen LogP contribution in [0.5, 0.6) is 0 Å². The van der Waals surface area contributed by atoms with E-state index in [9.17, 15) is 0 Å². The molecule has 2 nitrogen and oxygen atoms in total. The molecule has 1 aromatic rings. The molecule has 1 saturated carbocycles. The molecule has 1 aromatic carbocycles. The number of hydrogen-bond donors (Lipinski definition) is 1. The number of nitrogens with one attached hydrogen (secondary N) is 1.